The molecule has 0 radical (unpaired) electrons. The van der Waals surface area contributed by atoms with Gasteiger partial charge in [0, 0.05) is 6.42 Å². The summed E-state index contributed by atoms with van der Waals surface area (Å²) in [5.41, 5.74) is 0. The van der Waals surface area contributed by atoms with E-state index in [1.54, 1.807) is 11.6 Å². The maximum atomic E-state index is 11.0. The molecular weight excluding hydrogens is 244 g/mol. The third kappa shape index (κ3) is 3.30. The second kappa shape index (κ2) is 6.12. The summed E-state index contributed by atoms with van der Waals surface area (Å²) < 4.78 is 1.67. The second-order valence-electron chi connectivity index (χ2n) is 5.60. The van der Waals surface area contributed by atoms with Crippen LogP contribution in [-0.4, -0.2) is 31.3 Å². The van der Waals surface area contributed by atoms with Crippen LogP contribution in [0.2, 0.25) is 0 Å². The van der Waals surface area contributed by atoms with Crippen molar-refractivity contribution in [2.45, 2.75) is 58.4 Å². The number of tetrazole rings is 1. The van der Waals surface area contributed by atoms with E-state index in [1.165, 1.54) is 25.7 Å². The molecule has 0 bridgehead atoms. The Morgan fingerprint density at radius 3 is 2.74 bits per heavy atom. The van der Waals surface area contributed by atoms with Crippen LogP contribution in [0.4, 0.5) is 0 Å². The van der Waals surface area contributed by atoms with Crippen molar-refractivity contribution in [3.63, 3.8) is 0 Å². The summed E-state index contributed by atoms with van der Waals surface area (Å²) in [5.74, 6) is 0.295. The lowest BCUT2D eigenvalue weighted by Crippen LogP contribution is -2.24. The van der Waals surface area contributed by atoms with Gasteiger partial charge in [-0.15, -0.1) is 5.10 Å². The van der Waals surface area contributed by atoms with Crippen molar-refractivity contribution >= 4 is 5.97 Å². The number of carbonyl (C=O) groups is 1. The molecule has 1 aromatic rings. The van der Waals surface area contributed by atoms with Gasteiger partial charge in [0.2, 0.25) is 0 Å². The van der Waals surface area contributed by atoms with Crippen LogP contribution in [0, 0.1) is 11.8 Å². The molecule has 6 nitrogen and oxygen atoms in total. The molecule has 2 atom stereocenters. The van der Waals surface area contributed by atoms with Gasteiger partial charge in [-0.3, -0.25) is 4.79 Å². The minimum atomic E-state index is -0.815. The van der Waals surface area contributed by atoms with Crippen molar-refractivity contribution in [2.75, 3.05) is 0 Å². The van der Waals surface area contributed by atoms with Gasteiger partial charge in [0.1, 0.15) is 0 Å². The molecule has 2 rings (SSSR count). The molecule has 1 saturated carbocycles. The lowest BCUT2D eigenvalue weighted by molar-refractivity contribution is -0.142. The number of aromatic nitrogens is 4. The smallest absolute Gasteiger partial charge is 0.308 e. The predicted octanol–water partition coefficient (Wildman–Crippen LogP) is 2.08. The van der Waals surface area contributed by atoms with Crippen LogP contribution < -0.4 is 0 Å². The van der Waals surface area contributed by atoms with Crippen molar-refractivity contribution in [1.29, 1.82) is 0 Å². The van der Waals surface area contributed by atoms with Crippen LogP contribution in [0.15, 0.2) is 0 Å². The quantitative estimate of drug-likeness (QED) is 0.852. The molecular formula is C13H22N4O2. The Bertz CT molecular complexity index is 426. The zero-order chi connectivity index (χ0) is 13.8. The Morgan fingerprint density at radius 2 is 2.11 bits per heavy atom. The molecule has 0 aliphatic heterocycles. The average Bonchev–Trinajstić information content (AvgIpc) is 3.05. The summed E-state index contributed by atoms with van der Waals surface area (Å²) in [4.78, 5) is 11.0. The Balaban J connectivity index is 1.98. The SMILES string of the molecule is CC(C(=O)O)C(C)n1nnnc1CCC1CCCC1. The molecule has 0 spiro atoms. The summed E-state index contributed by atoms with van der Waals surface area (Å²) in [6.45, 7) is 3.55. The number of hydrogen-bond acceptors (Lipinski definition) is 4. The van der Waals surface area contributed by atoms with E-state index in [2.05, 4.69) is 15.5 Å². The standard InChI is InChI=1S/C13H22N4O2/c1-9(13(18)19)10(2)17-12(14-15-16-17)8-7-11-5-3-4-6-11/h9-11H,3-8H2,1-2H3,(H,18,19). The monoisotopic (exact) mass is 266 g/mol. The molecule has 2 unspecified atom stereocenters. The second-order valence-corrected chi connectivity index (χ2v) is 5.60. The van der Waals surface area contributed by atoms with Crippen molar-refractivity contribution < 1.29 is 9.90 Å². The Morgan fingerprint density at radius 1 is 1.42 bits per heavy atom. The molecule has 19 heavy (non-hydrogen) atoms. The van der Waals surface area contributed by atoms with Gasteiger partial charge in [-0.1, -0.05) is 25.7 Å². The van der Waals surface area contributed by atoms with Crippen LogP contribution in [0.5, 0.6) is 0 Å². The van der Waals surface area contributed by atoms with E-state index in [0.29, 0.717) is 0 Å². The summed E-state index contributed by atoms with van der Waals surface area (Å²) in [5, 5.41) is 20.8. The van der Waals surface area contributed by atoms with Crippen molar-refractivity contribution in [3.8, 4) is 0 Å². The zero-order valence-corrected chi connectivity index (χ0v) is 11.6. The average molecular weight is 266 g/mol. The molecule has 1 aliphatic rings. The lowest BCUT2D eigenvalue weighted by atomic mass is 10.0. The van der Waals surface area contributed by atoms with Gasteiger partial charge in [-0.2, -0.15) is 0 Å². The van der Waals surface area contributed by atoms with Crippen LogP contribution in [-0.2, 0) is 11.2 Å². The van der Waals surface area contributed by atoms with Crippen LogP contribution in [0.3, 0.4) is 0 Å². The Labute approximate surface area is 113 Å². The number of aryl methyl sites for hydroxylation is 1. The first-order valence-corrected chi connectivity index (χ1v) is 7.09. The number of rotatable bonds is 6. The van der Waals surface area contributed by atoms with Gasteiger partial charge in [-0.05, 0) is 36.6 Å². The topological polar surface area (TPSA) is 80.9 Å². The third-order valence-electron chi connectivity index (χ3n) is 4.31. The van der Waals surface area contributed by atoms with Crippen LogP contribution in [0.25, 0.3) is 0 Å². The highest BCUT2D eigenvalue weighted by molar-refractivity contribution is 5.70. The molecule has 106 valence electrons. The fraction of sp³-hybridized carbons (Fsp3) is 0.846. The Kier molecular flexibility index (Phi) is 4.50. The normalized spacial score (nSPS) is 19.5. The highest BCUT2D eigenvalue weighted by Crippen LogP contribution is 2.28. The highest BCUT2D eigenvalue weighted by atomic mass is 16.4. The fourth-order valence-electron chi connectivity index (χ4n) is 2.74. The molecule has 0 aromatic carbocycles. The summed E-state index contributed by atoms with van der Waals surface area (Å²) >= 11 is 0. The first kappa shape index (κ1) is 14.0. The number of aliphatic carboxylic acids is 1. The maximum absolute atomic E-state index is 11.0. The predicted molar refractivity (Wildman–Crippen MR) is 69.6 cm³/mol. The van der Waals surface area contributed by atoms with Gasteiger partial charge in [0.25, 0.3) is 0 Å². The molecule has 0 amide bonds. The van der Waals surface area contributed by atoms with E-state index >= 15 is 0 Å². The van der Waals surface area contributed by atoms with E-state index in [4.69, 9.17) is 5.11 Å². The molecule has 0 saturated heterocycles. The van der Waals surface area contributed by atoms with E-state index in [-0.39, 0.29) is 6.04 Å². The van der Waals surface area contributed by atoms with Gasteiger partial charge in [0.05, 0.1) is 12.0 Å². The van der Waals surface area contributed by atoms with Gasteiger partial charge in [-0.25, -0.2) is 4.68 Å². The van der Waals surface area contributed by atoms with Crippen LogP contribution >= 0.6 is 0 Å². The number of hydrogen-bond donors (Lipinski definition) is 1. The minimum absolute atomic E-state index is 0.217. The minimum Gasteiger partial charge on any atom is -0.481 e. The van der Waals surface area contributed by atoms with Crippen molar-refractivity contribution in [3.05, 3.63) is 5.82 Å². The zero-order valence-electron chi connectivity index (χ0n) is 11.6. The summed E-state index contributed by atoms with van der Waals surface area (Å²) in [6, 6.07) is -0.217. The summed E-state index contributed by atoms with van der Waals surface area (Å²) in [7, 11) is 0. The van der Waals surface area contributed by atoms with Gasteiger partial charge >= 0.3 is 5.97 Å². The van der Waals surface area contributed by atoms with Gasteiger partial charge < -0.3 is 5.11 Å². The fourth-order valence-corrected chi connectivity index (χ4v) is 2.74. The van der Waals surface area contributed by atoms with Crippen LogP contribution in [0.1, 0.15) is 57.8 Å². The number of carboxylic acid groups (broad SMARTS) is 1. The van der Waals surface area contributed by atoms with E-state index in [0.717, 1.165) is 24.6 Å². The maximum Gasteiger partial charge on any atom is 0.308 e. The van der Waals surface area contributed by atoms with E-state index in [1.807, 2.05) is 6.92 Å². The molecule has 1 aliphatic carbocycles. The molecule has 1 aromatic heterocycles. The molecule has 6 heteroatoms. The Hall–Kier alpha value is -1.46. The lowest BCUT2D eigenvalue weighted by Gasteiger charge is -2.17. The molecule has 1 N–H and O–H groups in total. The van der Waals surface area contributed by atoms with E-state index < -0.39 is 11.9 Å². The molecule has 1 fully saturated rings. The third-order valence-corrected chi connectivity index (χ3v) is 4.31. The van der Waals surface area contributed by atoms with E-state index in [9.17, 15) is 4.79 Å². The number of nitrogens with zero attached hydrogens (tertiary/aromatic N) is 4. The highest BCUT2D eigenvalue weighted by Gasteiger charge is 2.25. The first-order chi connectivity index (χ1) is 9.09. The number of carboxylic acids is 1. The largest absolute Gasteiger partial charge is 0.481 e. The van der Waals surface area contributed by atoms with Crippen molar-refractivity contribution in [2.24, 2.45) is 11.8 Å². The van der Waals surface area contributed by atoms with Gasteiger partial charge in [0.15, 0.2) is 5.82 Å². The molecule has 1 heterocycles. The van der Waals surface area contributed by atoms with Crippen molar-refractivity contribution in [1.82, 2.24) is 20.2 Å². The summed E-state index contributed by atoms with van der Waals surface area (Å²) in [6.07, 6.45) is 7.23. The first-order valence-electron chi connectivity index (χ1n) is 7.09.